The second kappa shape index (κ2) is 17.4. The van der Waals surface area contributed by atoms with Crippen LogP contribution in [0.25, 0.3) is 0 Å². The normalized spacial score (nSPS) is 13.2. The van der Waals surface area contributed by atoms with Crippen molar-refractivity contribution >= 4 is 41.9 Å². The highest BCUT2D eigenvalue weighted by Crippen LogP contribution is 2.34. The van der Waals surface area contributed by atoms with Gasteiger partial charge in [0.15, 0.2) is 0 Å². The first-order chi connectivity index (χ1) is 23.4. The standard InChI is InChI=1S/C42H52N3O3P/c1-8-9-28-43-39(46)36(29-31-24-26-33(27-25-31)48-42(5,6)7)45-40(47)38(41(2,3)4)44-30-32-18-16-17-23-37(32)49(34-19-12-10-13-20-34)35-21-14-11-15-22-35/h10-27,30,36,38H,8-9,28-29H2,1-7H3,(H,43,46)(H,45,47)/t36-,38+/m0/s1. The van der Waals surface area contributed by atoms with Gasteiger partial charge in [0.1, 0.15) is 23.4 Å². The molecule has 258 valence electrons. The lowest BCUT2D eigenvalue weighted by Crippen LogP contribution is -2.52. The molecule has 0 radical (unpaired) electrons. The Hall–Kier alpha value is -4.28. The number of carbonyl (C=O) groups excluding carboxylic acids is 2. The fourth-order valence-corrected chi connectivity index (χ4v) is 7.90. The van der Waals surface area contributed by atoms with Crippen molar-refractivity contribution in [1.82, 2.24) is 10.6 Å². The van der Waals surface area contributed by atoms with Crippen LogP contribution < -0.4 is 31.3 Å². The Kier molecular flexibility index (Phi) is 13.3. The lowest BCUT2D eigenvalue weighted by Gasteiger charge is -2.29. The van der Waals surface area contributed by atoms with Gasteiger partial charge >= 0.3 is 0 Å². The number of carbonyl (C=O) groups is 2. The number of amides is 2. The average Bonchev–Trinajstić information content (AvgIpc) is 3.06. The Labute approximate surface area is 294 Å². The zero-order valence-corrected chi connectivity index (χ0v) is 31.0. The first-order valence-electron chi connectivity index (χ1n) is 17.2. The summed E-state index contributed by atoms with van der Waals surface area (Å²) < 4.78 is 5.98. The Morgan fingerprint density at radius 3 is 1.90 bits per heavy atom. The van der Waals surface area contributed by atoms with Gasteiger partial charge in [-0.15, -0.1) is 0 Å². The molecule has 0 heterocycles. The van der Waals surface area contributed by atoms with E-state index in [-0.39, 0.29) is 17.4 Å². The van der Waals surface area contributed by atoms with E-state index >= 15 is 0 Å². The molecule has 0 spiro atoms. The van der Waals surface area contributed by atoms with E-state index in [2.05, 4.69) is 84.3 Å². The first-order valence-corrected chi connectivity index (χ1v) is 18.6. The molecule has 0 aliphatic heterocycles. The van der Waals surface area contributed by atoms with Crippen LogP contribution in [0.4, 0.5) is 0 Å². The molecule has 7 heteroatoms. The van der Waals surface area contributed by atoms with Crippen LogP contribution in [0.5, 0.6) is 5.75 Å². The molecule has 2 amide bonds. The van der Waals surface area contributed by atoms with Crippen molar-refractivity contribution in [2.24, 2.45) is 10.4 Å². The summed E-state index contributed by atoms with van der Waals surface area (Å²) in [6, 6.07) is 35.6. The highest BCUT2D eigenvalue weighted by Gasteiger charge is 2.33. The number of benzene rings is 4. The van der Waals surface area contributed by atoms with Crippen molar-refractivity contribution in [1.29, 1.82) is 0 Å². The molecule has 0 unspecified atom stereocenters. The fourth-order valence-electron chi connectivity index (χ4n) is 5.48. The Morgan fingerprint density at radius 2 is 1.35 bits per heavy atom. The number of unbranched alkanes of at least 4 members (excludes halogenated alkanes) is 1. The molecule has 2 N–H and O–H groups in total. The van der Waals surface area contributed by atoms with Crippen LogP contribution in [-0.2, 0) is 16.0 Å². The number of rotatable bonds is 14. The molecule has 0 fully saturated rings. The highest BCUT2D eigenvalue weighted by molar-refractivity contribution is 7.80. The molecule has 4 rings (SSSR count). The molecule has 6 nitrogen and oxygen atoms in total. The van der Waals surface area contributed by atoms with Gasteiger partial charge in [0.25, 0.3) is 0 Å². The highest BCUT2D eigenvalue weighted by atomic mass is 31.1. The second-order valence-electron chi connectivity index (χ2n) is 14.4. The van der Waals surface area contributed by atoms with Crippen molar-refractivity contribution in [3.63, 3.8) is 0 Å². The molecule has 4 aromatic rings. The van der Waals surface area contributed by atoms with E-state index in [0.29, 0.717) is 13.0 Å². The van der Waals surface area contributed by atoms with Gasteiger partial charge < -0.3 is 15.4 Å². The van der Waals surface area contributed by atoms with Gasteiger partial charge in [0.2, 0.25) is 11.8 Å². The van der Waals surface area contributed by atoms with Gasteiger partial charge in [0, 0.05) is 24.7 Å². The number of nitrogens with zero attached hydrogens (tertiary/aromatic N) is 1. The quantitative estimate of drug-likeness (QED) is 0.0850. The van der Waals surface area contributed by atoms with E-state index < -0.39 is 25.4 Å². The zero-order chi connectivity index (χ0) is 35.4. The maximum atomic E-state index is 14.1. The van der Waals surface area contributed by atoms with Crippen LogP contribution in [0.3, 0.4) is 0 Å². The summed E-state index contributed by atoms with van der Waals surface area (Å²) in [5.74, 6) is 0.281. The largest absolute Gasteiger partial charge is 0.488 e. The molecule has 0 aliphatic rings. The Balaban J connectivity index is 1.62. The lowest BCUT2D eigenvalue weighted by molar-refractivity contribution is -0.130. The van der Waals surface area contributed by atoms with Crippen LogP contribution >= 0.6 is 7.92 Å². The predicted octanol–water partition coefficient (Wildman–Crippen LogP) is 7.10. The lowest BCUT2D eigenvalue weighted by atomic mass is 9.86. The van der Waals surface area contributed by atoms with Crippen molar-refractivity contribution in [3.05, 3.63) is 120 Å². The van der Waals surface area contributed by atoms with Gasteiger partial charge in [-0.25, -0.2) is 0 Å². The number of hydrogen-bond donors (Lipinski definition) is 2. The topological polar surface area (TPSA) is 79.8 Å². The minimum Gasteiger partial charge on any atom is -0.488 e. The third-order valence-corrected chi connectivity index (χ3v) is 10.4. The molecule has 49 heavy (non-hydrogen) atoms. The molecular weight excluding hydrogens is 625 g/mol. The van der Waals surface area contributed by atoms with Gasteiger partial charge in [-0.05, 0) is 74.1 Å². The minimum atomic E-state index is -0.864. The maximum Gasteiger partial charge on any atom is 0.245 e. The van der Waals surface area contributed by atoms with E-state index in [1.165, 1.54) is 15.9 Å². The third kappa shape index (κ3) is 11.4. The van der Waals surface area contributed by atoms with Crippen molar-refractivity contribution in [2.75, 3.05) is 6.54 Å². The van der Waals surface area contributed by atoms with Crippen LogP contribution in [0, 0.1) is 5.41 Å². The van der Waals surface area contributed by atoms with Gasteiger partial charge in [-0.1, -0.05) is 131 Å². The summed E-state index contributed by atoms with van der Waals surface area (Å²) in [7, 11) is -0.864. The van der Waals surface area contributed by atoms with Gasteiger partial charge in [-0.2, -0.15) is 0 Å². The minimum absolute atomic E-state index is 0.199. The van der Waals surface area contributed by atoms with E-state index in [9.17, 15) is 9.59 Å². The summed E-state index contributed by atoms with van der Waals surface area (Å²) in [6.45, 7) is 14.7. The molecule has 0 bridgehead atoms. The molecule has 2 atom stereocenters. The summed E-state index contributed by atoms with van der Waals surface area (Å²) >= 11 is 0. The average molecular weight is 678 g/mol. The van der Waals surface area contributed by atoms with Crippen LogP contribution in [0.2, 0.25) is 0 Å². The molecule has 0 aromatic heterocycles. The zero-order valence-electron chi connectivity index (χ0n) is 30.1. The number of hydrogen-bond acceptors (Lipinski definition) is 4. The molecule has 4 aromatic carbocycles. The second-order valence-corrected chi connectivity index (χ2v) is 16.6. The monoisotopic (exact) mass is 677 g/mol. The third-order valence-electron chi connectivity index (χ3n) is 7.89. The van der Waals surface area contributed by atoms with Crippen molar-refractivity contribution in [3.8, 4) is 5.75 Å². The molecular formula is C42H52N3O3P. The number of nitrogens with one attached hydrogen (secondary N) is 2. The van der Waals surface area contributed by atoms with Gasteiger partial charge in [-0.3, -0.25) is 14.6 Å². The smallest absolute Gasteiger partial charge is 0.245 e. The van der Waals surface area contributed by atoms with Crippen molar-refractivity contribution < 1.29 is 14.3 Å². The van der Waals surface area contributed by atoms with E-state index in [1.807, 2.05) is 90.2 Å². The molecule has 0 saturated heterocycles. The molecule has 0 aliphatic carbocycles. The first kappa shape index (κ1) is 37.5. The number of ether oxygens (including phenoxy) is 1. The summed E-state index contributed by atoms with van der Waals surface area (Å²) in [4.78, 5) is 32.5. The van der Waals surface area contributed by atoms with Crippen LogP contribution in [0.15, 0.2) is 114 Å². The van der Waals surface area contributed by atoms with E-state index in [1.54, 1.807) is 0 Å². The number of aliphatic imine (C=N–C) groups is 1. The maximum absolute atomic E-state index is 14.1. The Bertz CT molecular complexity index is 1620. The van der Waals surface area contributed by atoms with E-state index in [4.69, 9.17) is 9.73 Å². The fraction of sp³-hybridized carbons (Fsp3) is 0.357. The van der Waals surface area contributed by atoms with Gasteiger partial charge in [0.05, 0.1) is 0 Å². The predicted molar refractivity (Wildman–Crippen MR) is 206 cm³/mol. The summed E-state index contributed by atoms with van der Waals surface area (Å²) in [6.07, 6.45) is 4.03. The summed E-state index contributed by atoms with van der Waals surface area (Å²) in [5, 5.41) is 9.76. The van der Waals surface area contributed by atoms with Crippen LogP contribution in [-0.4, -0.2) is 42.3 Å². The SMILES string of the molecule is CCCCNC(=O)[C@H](Cc1ccc(OC(C)(C)C)cc1)NC(=O)[C@@H](N=Cc1ccccc1P(c1ccccc1)c1ccccc1)C(C)(C)C. The Morgan fingerprint density at radius 1 is 0.776 bits per heavy atom. The van der Waals surface area contributed by atoms with E-state index in [0.717, 1.165) is 29.7 Å². The summed E-state index contributed by atoms with van der Waals surface area (Å²) in [5.41, 5.74) is 1.08. The van der Waals surface area contributed by atoms with Crippen molar-refractivity contribution in [2.45, 2.75) is 85.4 Å². The molecule has 0 saturated carbocycles. The van der Waals surface area contributed by atoms with Crippen LogP contribution in [0.1, 0.15) is 72.4 Å².